The Morgan fingerprint density at radius 2 is 1.81 bits per heavy atom. The van der Waals surface area contributed by atoms with E-state index >= 15 is 0 Å². The van der Waals surface area contributed by atoms with Crippen LogP contribution in [0, 0.1) is 0 Å². The van der Waals surface area contributed by atoms with Gasteiger partial charge in [-0.25, -0.2) is 4.79 Å². The number of hydrogen-bond acceptors (Lipinski definition) is 4. The first-order valence-electron chi connectivity index (χ1n) is 8.88. The minimum absolute atomic E-state index is 0.333. The first-order chi connectivity index (χ1) is 12.3. The number of nitrogens with one attached hydrogen (secondary N) is 2. The van der Waals surface area contributed by atoms with Gasteiger partial charge >= 0.3 is 6.09 Å². The molecule has 0 spiro atoms. The van der Waals surface area contributed by atoms with E-state index in [2.05, 4.69) is 15.6 Å². The van der Waals surface area contributed by atoms with Gasteiger partial charge in [0.15, 0.2) is 5.96 Å². The van der Waals surface area contributed by atoms with E-state index in [0.29, 0.717) is 25.7 Å². The summed E-state index contributed by atoms with van der Waals surface area (Å²) in [6, 6.07) is 9.75. The highest BCUT2D eigenvalue weighted by Gasteiger charge is 2.19. The predicted molar refractivity (Wildman–Crippen MR) is 105 cm³/mol. The molecule has 7 nitrogen and oxygen atoms in total. The molecule has 0 aliphatic heterocycles. The molecule has 0 aliphatic carbocycles. The highest BCUT2D eigenvalue weighted by Crippen LogP contribution is 2.09. The van der Waals surface area contributed by atoms with Crippen LogP contribution in [-0.2, 0) is 4.74 Å². The maximum Gasteiger partial charge on any atom is 0.410 e. The van der Waals surface area contributed by atoms with Crippen molar-refractivity contribution in [2.75, 3.05) is 40.3 Å². The van der Waals surface area contributed by atoms with Crippen LogP contribution in [-0.4, -0.2) is 62.9 Å². The van der Waals surface area contributed by atoms with Crippen LogP contribution in [0.2, 0.25) is 0 Å². The Morgan fingerprint density at radius 3 is 2.42 bits per heavy atom. The summed E-state index contributed by atoms with van der Waals surface area (Å²) >= 11 is 0. The molecule has 0 heterocycles. The van der Waals surface area contributed by atoms with Crippen molar-refractivity contribution in [3.05, 3.63) is 30.3 Å². The molecule has 146 valence electrons. The number of hydrogen-bond donors (Lipinski definition) is 2. The smallest absolute Gasteiger partial charge is 0.410 e. The lowest BCUT2D eigenvalue weighted by atomic mass is 10.2. The van der Waals surface area contributed by atoms with Crippen molar-refractivity contribution in [3.63, 3.8) is 0 Å². The summed E-state index contributed by atoms with van der Waals surface area (Å²) in [4.78, 5) is 17.6. The average Bonchev–Trinajstić information content (AvgIpc) is 2.59. The Morgan fingerprint density at radius 1 is 1.15 bits per heavy atom. The summed E-state index contributed by atoms with van der Waals surface area (Å²) in [5.41, 5.74) is -0.488. The lowest BCUT2D eigenvalue weighted by Gasteiger charge is -2.24. The van der Waals surface area contributed by atoms with E-state index < -0.39 is 5.60 Å². The number of nitrogens with zero attached hydrogens (tertiary/aromatic N) is 2. The van der Waals surface area contributed by atoms with Gasteiger partial charge in [0.2, 0.25) is 0 Å². The van der Waals surface area contributed by atoms with Crippen LogP contribution in [0.25, 0.3) is 0 Å². The molecule has 0 atom stereocenters. The highest BCUT2D eigenvalue weighted by atomic mass is 16.6. The summed E-state index contributed by atoms with van der Waals surface area (Å²) in [6.07, 6.45) is 0.522. The quantitative estimate of drug-likeness (QED) is 0.421. The van der Waals surface area contributed by atoms with Crippen LogP contribution in [0.5, 0.6) is 5.75 Å². The molecule has 0 saturated heterocycles. The molecule has 1 amide bonds. The number of para-hydroxylation sites is 1. The number of carbonyl (C=O) groups is 1. The van der Waals surface area contributed by atoms with Gasteiger partial charge in [-0.2, -0.15) is 0 Å². The first-order valence-corrected chi connectivity index (χ1v) is 8.88. The van der Waals surface area contributed by atoms with Crippen molar-refractivity contribution in [1.29, 1.82) is 0 Å². The minimum atomic E-state index is -0.488. The van der Waals surface area contributed by atoms with E-state index in [9.17, 15) is 4.79 Å². The van der Waals surface area contributed by atoms with Gasteiger partial charge in [-0.3, -0.25) is 4.99 Å². The third kappa shape index (κ3) is 9.76. The maximum absolute atomic E-state index is 11.9. The lowest BCUT2D eigenvalue weighted by molar-refractivity contribution is 0.0302. The van der Waals surface area contributed by atoms with Crippen molar-refractivity contribution >= 4 is 12.1 Å². The van der Waals surface area contributed by atoms with Crippen molar-refractivity contribution < 1.29 is 14.3 Å². The second-order valence-corrected chi connectivity index (χ2v) is 6.84. The Bertz CT molecular complexity index is 556. The fourth-order valence-electron chi connectivity index (χ4n) is 1.98. The molecule has 0 aromatic heterocycles. The zero-order chi connectivity index (χ0) is 19.4. The fourth-order valence-corrected chi connectivity index (χ4v) is 1.98. The van der Waals surface area contributed by atoms with Crippen molar-refractivity contribution in [3.8, 4) is 5.75 Å². The predicted octanol–water partition coefficient (Wildman–Crippen LogP) is 2.49. The first kappa shape index (κ1) is 21.6. The molecule has 7 heteroatoms. The molecule has 1 aromatic carbocycles. The molecule has 1 rings (SSSR count). The standard InChI is InChI=1S/C19H32N4O3/c1-19(2,3)26-18(24)23(5)14-13-22-17(20-4)21-12-9-15-25-16-10-7-6-8-11-16/h6-8,10-11H,9,12-15H2,1-5H3,(H2,20,21,22). The summed E-state index contributed by atoms with van der Waals surface area (Å²) in [6.45, 7) is 8.03. The van der Waals surface area contributed by atoms with Crippen molar-refractivity contribution in [2.24, 2.45) is 4.99 Å². The third-order valence-electron chi connectivity index (χ3n) is 3.29. The molecule has 0 aliphatic rings. The number of rotatable bonds is 8. The van der Waals surface area contributed by atoms with Gasteiger partial charge in [0.1, 0.15) is 11.4 Å². The average molecular weight is 364 g/mol. The number of aliphatic imine (C=N–C) groups is 1. The maximum atomic E-state index is 11.9. The SMILES string of the molecule is CN=C(NCCCOc1ccccc1)NCCN(C)C(=O)OC(C)(C)C. The Kier molecular flexibility index (Phi) is 9.33. The topological polar surface area (TPSA) is 75.2 Å². The fraction of sp³-hybridized carbons (Fsp3) is 0.579. The number of likely N-dealkylation sites (N-methyl/N-ethyl adjacent to an activating group) is 1. The molecule has 0 radical (unpaired) electrons. The van der Waals surface area contributed by atoms with Gasteiger partial charge in [0.05, 0.1) is 6.61 Å². The van der Waals surface area contributed by atoms with Crippen molar-refractivity contribution in [2.45, 2.75) is 32.8 Å². The number of guanidine groups is 1. The van der Waals surface area contributed by atoms with Gasteiger partial charge in [-0.05, 0) is 39.3 Å². The van der Waals surface area contributed by atoms with Crippen LogP contribution in [0.15, 0.2) is 35.3 Å². The summed E-state index contributed by atoms with van der Waals surface area (Å²) in [5.74, 6) is 1.57. The van der Waals surface area contributed by atoms with Crippen LogP contribution in [0.4, 0.5) is 4.79 Å². The summed E-state index contributed by atoms with van der Waals surface area (Å²) in [7, 11) is 3.43. The highest BCUT2D eigenvalue weighted by molar-refractivity contribution is 5.79. The molecule has 26 heavy (non-hydrogen) atoms. The van der Waals surface area contributed by atoms with Gasteiger partial charge in [0.25, 0.3) is 0 Å². The van der Waals surface area contributed by atoms with Crippen LogP contribution < -0.4 is 15.4 Å². The van der Waals surface area contributed by atoms with E-state index in [1.165, 1.54) is 0 Å². The molecule has 0 unspecified atom stereocenters. The van der Waals surface area contributed by atoms with Crippen LogP contribution in [0.3, 0.4) is 0 Å². The molecule has 2 N–H and O–H groups in total. The molecule has 0 bridgehead atoms. The third-order valence-corrected chi connectivity index (χ3v) is 3.29. The summed E-state index contributed by atoms with van der Waals surface area (Å²) in [5, 5.41) is 6.40. The Hall–Kier alpha value is -2.44. The number of amides is 1. The zero-order valence-electron chi connectivity index (χ0n) is 16.5. The number of benzene rings is 1. The lowest BCUT2D eigenvalue weighted by Crippen LogP contribution is -2.43. The van der Waals surface area contributed by atoms with Crippen LogP contribution >= 0.6 is 0 Å². The van der Waals surface area contributed by atoms with Gasteiger partial charge in [-0.1, -0.05) is 18.2 Å². The zero-order valence-corrected chi connectivity index (χ0v) is 16.5. The molecular formula is C19H32N4O3. The summed E-state index contributed by atoms with van der Waals surface area (Å²) < 4.78 is 11.0. The second kappa shape index (κ2) is 11.2. The van der Waals surface area contributed by atoms with E-state index in [1.54, 1.807) is 19.0 Å². The minimum Gasteiger partial charge on any atom is -0.494 e. The Balaban J connectivity index is 2.15. The monoisotopic (exact) mass is 364 g/mol. The van der Waals surface area contributed by atoms with Crippen LogP contribution in [0.1, 0.15) is 27.2 Å². The van der Waals surface area contributed by atoms with Gasteiger partial charge < -0.3 is 25.0 Å². The van der Waals surface area contributed by atoms with E-state index in [-0.39, 0.29) is 6.09 Å². The number of carbonyl (C=O) groups excluding carboxylic acids is 1. The second-order valence-electron chi connectivity index (χ2n) is 6.84. The van der Waals surface area contributed by atoms with Gasteiger partial charge in [0, 0.05) is 33.7 Å². The molecule has 0 saturated carbocycles. The van der Waals surface area contributed by atoms with E-state index in [4.69, 9.17) is 9.47 Å². The van der Waals surface area contributed by atoms with Gasteiger partial charge in [-0.15, -0.1) is 0 Å². The molecule has 1 aromatic rings. The number of ether oxygens (including phenoxy) is 2. The normalized spacial score (nSPS) is 11.7. The Labute approximate surface area is 156 Å². The van der Waals surface area contributed by atoms with E-state index in [0.717, 1.165) is 18.7 Å². The molecule has 0 fully saturated rings. The largest absolute Gasteiger partial charge is 0.494 e. The molecular weight excluding hydrogens is 332 g/mol. The van der Waals surface area contributed by atoms with E-state index in [1.807, 2.05) is 51.1 Å². The van der Waals surface area contributed by atoms with Crippen molar-refractivity contribution in [1.82, 2.24) is 15.5 Å².